The van der Waals surface area contributed by atoms with Crippen molar-refractivity contribution in [3.63, 3.8) is 0 Å². The highest BCUT2D eigenvalue weighted by molar-refractivity contribution is 5.55. The number of ether oxygens (including phenoxy) is 4. The molecule has 0 amide bonds. The van der Waals surface area contributed by atoms with Gasteiger partial charge in [0, 0.05) is 24.8 Å². The van der Waals surface area contributed by atoms with E-state index in [2.05, 4.69) is 15.3 Å². The van der Waals surface area contributed by atoms with Crippen molar-refractivity contribution < 1.29 is 37.2 Å². The molecule has 0 saturated carbocycles. The minimum absolute atomic E-state index is 0.0311. The molecule has 0 fully saturated rings. The first-order valence-electron chi connectivity index (χ1n) is 10.8. The summed E-state index contributed by atoms with van der Waals surface area (Å²) in [5.74, 6) is -2.06. The number of hydrogen-bond acceptors (Lipinski definition) is 8. The number of aliphatic hydroxyl groups is 1. The lowest BCUT2D eigenvalue weighted by atomic mass is 10.2. The quantitative estimate of drug-likeness (QED) is 0.404. The Morgan fingerprint density at radius 3 is 2.43 bits per heavy atom. The topological polar surface area (TPSA) is 95.0 Å². The molecular formula is C24H26F3N3O5. The predicted molar refractivity (Wildman–Crippen MR) is 122 cm³/mol. The van der Waals surface area contributed by atoms with Crippen LogP contribution < -0.4 is 14.8 Å². The van der Waals surface area contributed by atoms with Crippen LogP contribution in [0.25, 0.3) is 0 Å². The summed E-state index contributed by atoms with van der Waals surface area (Å²) in [6, 6.07) is 4.31. The lowest BCUT2D eigenvalue weighted by Gasteiger charge is -2.12. The van der Waals surface area contributed by atoms with Gasteiger partial charge < -0.3 is 29.4 Å². The van der Waals surface area contributed by atoms with Crippen LogP contribution in [0.5, 0.6) is 11.5 Å². The van der Waals surface area contributed by atoms with E-state index in [4.69, 9.17) is 24.1 Å². The molecule has 0 saturated heterocycles. The molecule has 0 unspecified atom stereocenters. The molecule has 2 aromatic rings. The molecule has 1 aromatic heterocycles. The smallest absolute Gasteiger partial charge is 0.227 e. The number of unbranched alkanes of at least 4 members (excludes halogenated alkanes) is 1. The first kappa shape index (κ1) is 25.9. The van der Waals surface area contributed by atoms with Crippen LogP contribution in [0.4, 0.5) is 24.8 Å². The zero-order chi connectivity index (χ0) is 25.2. The van der Waals surface area contributed by atoms with Crippen LogP contribution in [0.1, 0.15) is 19.3 Å². The van der Waals surface area contributed by atoms with Gasteiger partial charge >= 0.3 is 0 Å². The van der Waals surface area contributed by atoms with E-state index in [-0.39, 0.29) is 47.6 Å². The van der Waals surface area contributed by atoms with E-state index in [0.29, 0.717) is 25.1 Å². The standard InChI is InChI=1S/C24H26F3N3O5/c1-32-20-7-8-21(33-2)23(27)17(22(20)26)14-35-16-12-28-24(29-13-16)30-15-5-6-19(18(25)11-15)34-10-4-3-9-31/h5-7,11-13,31H,3-4,8-10,14H2,1-2H3,(H,28,29,30). The van der Waals surface area contributed by atoms with Crippen molar-refractivity contribution in [1.29, 1.82) is 0 Å². The second-order valence-electron chi connectivity index (χ2n) is 7.29. The molecular weight excluding hydrogens is 467 g/mol. The molecule has 8 nitrogen and oxygen atoms in total. The first-order valence-corrected chi connectivity index (χ1v) is 10.8. The summed E-state index contributed by atoms with van der Waals surface area (Å²) in [6.45, 7) is -0.0977. The summed E-state index contributed by atoms with van der Waals surface area (Å²) in [6.07, 6.45) is 5.22. The SMILES string of the molecule is COC1=CCC(OC)=C(F)C(COc2cnc(Nc3ccc(OCCCCO)c(F)c3)nc2)=C1F. The van der Waals surface area contributed by atoms with Crippen LogP contribution >= 0.6 is 0 Å². The third kappa shape index (κ3) is 6.89. The van der Waals surface area contributed by atoms with Crippen molar-refractivity contribution in [2.75, 3.05) is 39.4 Å². The average Bonchev–Trinajstić information content (AvgIpc) is 2.97. The van der Waals surface area contributed by atoms with Gasteiger partial charge in [0.2, 0.25) is 5.95 Å². The van der Waals surface area contributed by atoms with Gasteiger partial charge in [0.15, 0.2) is 34.7 Å². The number of halogens is 3. The molecule has 0 aliphatic heterocycles. The predicted octanol–water partition coefficient (Wildman–Crippen LogP) is 4.87. The van der Waals surface area contributed by atoms with Crippen LogP contribution in [0, 0.1) is 5.82 Å². The summed E-state index contributed by atoms with van der Waals surface area (Å²) in [7, 11) is 2.58. The number of nitrogens with one attached hydrogen (secondary N) is 1. The first-order chi connectivity index (χ1) is 17.0. The number of benzene rings is 1. The Labute approximate surface area is 200 Å². The van der Waals surface area contributed by atoms with Crippen molar-refractivity contribution in [1.82, 2.24) is 9.97 Å². The van der Waals surface area contributed by atoms with Gasteiger partial charge in [0.05, 0.1) is 38.8 Å². The fourth-order valence-electron chi connectivity index (χ4n) is 3.08. The maximum atomic E-state index is 14.7. The minimum Gasteiger partial charge on any atom is -0.498 e. The fraction of sp³-hybridized carbons (Fsp3) is 0.333. The Hall–Kier alpha value is -3.73. The van der Waals surface area contributed by atoms with E-state index < -0.39 is 24.1 Å². The number of anilines is 2. The molecule has 1 aliphatic rings. The number of rotatable bonds is 12. The van der Waals surface area contributed by atoms with Gasteiger partial charge in [0.1, 0.15) is 12.4 Å². The number of allylic oxidation sites excluding steroid dienone is 2. The lowest BCUT2D eigenvalue weighted by Crippen LogP contribution is -2.07. The number of aliphatic hydroxyl groups excluding tert-OH is 1. The van der Waals surface area contributed by atoms with Gasteiger partial charge in [-0.2, -0.15) is 0 Å². The highest BCUT2D eigenvalue weighted by Crippen LogP contribution is 2.32. The molecule has 35 heavy (non-hydrogen) atoms. The largest absolute Gasteiger partial charge is 0.498 e. The van der Waals surface area contributed by atoms with Crippen molar-refractivity contribution in [3.05, 3.63) is 71.2 Å². The summed E-state index contributed by atoms with van der Waals surface area (Å²) < 4.78 is 64.4. The fourth-order valence-corrected chi connectivity index (χ4v) is 3.08. The van der Waals surface area contributed by atoms with Crippen molar-refractivity contribution in [2.45, 2.75) is 19.3 Å². The lowest BCUT2D eigenvalue weighted by molar-refractivity contribution is 0.248. The van der Waals surface area contributed by atoms with Gasteiger partial charge in [-0.1, -0.05) is 0 Å². The number of methoxy groups -OCH3 is 2. The Bertz CT molecular complexity index is 1100. The second-order valence-corrected chi connectivity index (χ2v) is 7.29. The van der Waals surface area contributed by atoms with E-state index in [9.17, 15) is 13.2 Å². The Morgan fingerprint density at radius 1 is 1.00 bits per heavy atom. The molecule has 0 spiro atoms. The van der Waals surface area contributed by atoms with E-state index in [1.165, 1.54) is 44.8 Å². The number of nitrogens with zero attached hydrogens (tertiary/aromatic N) is 2. The van der Waals surface area contributed by atoms with Crippen LogP contribution in [0.3, 0.4) is 0 Å². The molecule has 0 atom stereocenters. The third-order valence-corrected chi connectivity index (χ3v) is 4.94. The number of aromatic nitrogens is 2. The van der Waals surface area contributed by atoms with Gasteiger partial charge in [-0.25, -0.2) is 23.1 Å². The number of hydrogen-bond donors (Lipinski definition) is 2. The molecule has 1 heterocycles. The molecule has 3 rings (SSSR count). The normalized spacial score (nSPS) is 13.8. The molecule has 0 bridgehead atoms. The summed E-state index contributed by atoms with van der Waals surface area (Å²) in [4.78, 5) is 8.16. The van der Waals surface area contributed by atoms with E-state index in [1.54, 1.807) is 6.07 Å². The van der Waals surface area contributed by atoms with E-state index in [0.717, 1.165) is 0 Å². The molecule has 0 radical (unpaired) electrons. The van der Waals surface area contributed by atoms with Crippen LogP contribution in [-0.2, 0) is 9.47 Å². The zero-order valence-corrected chi connectivity index (χ0v) is 19.3. The van der Waals surface area contributed by atoms with Gasteiger partial charge in [-0.15, -0.1) is 0 Å². The van der Waals surface area contributed by atoms with Gasteiger partial charge in [0.25, 0.3) is 0 Å². The molecule has 2 N–H and O–H groups in total. The van der Waals surface area contributed by atoms with Gasteiger partial charge in [-0.3, -0.25) is 0 Å². The van der Waals surface area contributed by atoms with Crippen molar-refractivity contribution >= 4 is 11.6 Å². The molecule has 188 valence electrons. The van der Waals surface area contributed by atoms with Crippen molar-refractivity contribution in [3.8, 4) is 11.5 Å². The maximum absolute atomic E-state index is 14.7. The Morgan fingerprint density at radius 2 is 1.77 bits per heavy atom. The molecule has 1 aromatic carbocycles. The summed E-state index contributed by atoms with van der Waals surface area (Å²) >= 11 is 0. The van der Waals surface area contributed by atoms with Crippen LogP contribution in [-0.4, -0.2) is 49.1 Å². The van der Waals surface area contributed by atoms with Crippen LogP contribution in [0.2, 0.25) is 0 Å². The molecule has 1 aliphatic carbocycles. The van der Waals surface area contributed by atoms with Crippen molar-refractivity contribution in [2.24, 2.45) is 0 Å². The highest BCUT2D eigenvalue weighted by atomic mass is 19.1. The second kappa shape index (κ2) is 12.7. The Balaban J connectivity index is 1.62. The average molecular weight is 493 g/mol. The molecule has 11 heteroatoms. The third-order valence-electron chi connectivity index (χ3n) is 4.94. The minimum atomic E-state index is -0.890. The van der Waals surface area contributed by atoms with Crippen LogP contribution in [0.15, 0.2) is 65.4 Å². The van der Waals surface area contributed by atoms with E-state index >= 15 is 0 Å². The van der Waals surface area contributed by atoms with Gasteiger partial charge in [-0.05, 0) is 31.1 Å². The summed E-state index contributed by atoms with van der Waals surface area (Å²) in [5.41, 5.74) is 0.0338. The van der Waals surface area contributed by atoms with E-state index in [1.807, 2.05) is 0 Å². The zero-order valence-electron chi connectivity index (χ0n) is 19.3. The Kier molecular flexibility index (Phi) is 9.36. The highest BCUT2D eigenvalue weighted by Gasteiger charge is 2.24. The monoisotopic (exact) mass is 493 g/mol. The maximum Gasteiger partial charge on any atom is 0.227 e. The summed E-state index contributed by atoms with van der Waals surface area (Å²) in [5, 5.41) is 11.6.